The van der Waals surface area contributed by atoms with Crippen molar-refractivity contribution in [3.63, 3.8) is 0 Å². The molecule has 0 atom stereocenters. The molecule has 3 aromatic rings. The zero-order chi connectivity index (χ0) is 13.2. The summed E-state index contributed by atoms with van der Waals surface area (Å²) < 4.78 is 4.79. The lowest BCUT2D eigenvalue weighted by Crippen LogP contribution is -2.01. The van der Waals surface area contributed by atoms with Crippen LogP contribution in [0.4, 0.5) is 11.6 Å². The number of anilines is 2. The molecule has 19 heavy (non-hydrogen) atoms. The van der Waals surface area contributed by atoms with E-state index >= 15 is 0 Å². The zero-order valence-corrected chi connectivity index (χ0v) is 11.3. The van der Waals surface area contributed by atoms with Crippen LogP contribution in [0.25, 0.3) is 5.52 Å². The molecule has 0 fully saturated rings. The largest absolute Gasteiger partial charge is 0.384 e. The van der Waals surface area contributed by atoms with E-state index < -0.39 is 0 Å². The molecule has 0 amide bonds. The van der Waals surface area contributed by atoms with Gasteiger partial charge in [-0.15, -0.1) is 0 Å². The molecule has 5 nitrogen and oxygen atoms in total. The molecular formula is C12H10ClN5S. The van der Waals surface area contributed by atoms with Gasteiger partial charge in [0.2, 0.25) is 0 Å². The molecule has 0 aliphatic carbocycles. The standard InChI is InChI=1S/C12H10ClN5S/c13-8-3-1-2-4-10(8)19-17-12-9-5-6-11(14)18(9)16-7-15-12/h1-7H,14H2,(H,15,16,17). The van der Waals surface area contributed by atoms with Crippen molar-refractivity contribution in [1.29, 1.82) is 0 Å². The van der Waals surface area contributed by atoms with Gasteiger partial charge in [0.15, 0.2) is 5.82 Å². The van der Waals surface area contributed by atoms with Crippen molar-refractivity contribution in [3.05, 3.63) is 47.7 Å². The molecule has 0 radical (unpaired) electrons. The number of rotatable bonds is 3. The van der Waals surface area contributed by atoms with Gasteiger partial charge in [0.1, 0.15) is 17.7 Å². The number of nitrogens with one attached hydrogen (secondary N) is 1. The van der Waals surface area contributed by atoms with Gasteiger partial charge in [0, 0.05) is 4.90 Å². The molecule has 1 aromatic carbocycles. The predicted molar refractivity (Wildman–Crippen MR) is 78.3 cm³/mol. The maximum Gasteiger partial charge on any atom is 0.164 e. The second-order valence-corrected chi connectivity index (χ2v) is 5.05. The first kappa shape index (κ1) is 12.1. The van der Waals surface area contributed by atoms with E-state index in [0.29, 0.717) is 16.7 Å². The molecule has 0 spiro atoms. The highest BCUT2D eigenvalue weighted by Gasteiger charge is 2.07. The molecule has 0 bridgehead atoms. The highest BCUT2D eigenvalue weighted by Crippen LogP contribution is 2.28. The normalized spacial score (nSPS) is 10.8. The van der Waals surface area contributed by atoms with Crippen LogP contribution in [0.2, 0.25) is 5.02 Å². The Labute approximate surface area is 118 Å². The van der Waals surface area contributed by atoms with Crippen LogP contribution < -0.4 is 10.5 Å². The van der Waals surface area contributed by atoms with Crippen molar-refractivity contribution in [3.8, 4) is 0 Å². The Bertz CT molecular complexity index is 727. The minimum atomic E-state index is 0.572. The summed E-state index contributed by atoms with van der Waals surface area (Å²) >= 11 is 7.49. The van der Waals surface area contributed by atoms with E-state index in [4.69, 9.17) is 17.3 Å². The summed E-state index contributed by atoms with van der Waals surface area (Å²) in [6.45, 7) is 0. The van der Waals surface area contributed by atoms with Gasteiger partial charge in [0.05, 0.1) is 5.02 Å². The van der Waals surface area contributed by atoms with E-state index in [-0.39, 0.29) is 0 Å². The van der Waals surface area contributed by atoms with Crippen molar-refractivity contribution in [2.75, 3.05) is 10.5 Å². The summed E-state index contributed by atoms with van der Waals surface area (Å²) in [6, 6.07) is 11.3. The Morgan fingerprint density at radius 2 is 2.05 bits per heavy atom. The summed E-state index contributed by atoms with van der Waals surface area (Å²) in [5.74, 6) is 1.26. The molecule has 0 saturated heterocycles. The Kier molecular flexibility index (Phi) is 3.18. The smallest absolute Gasteiger partial charge is 0.164 e. The second-order valence-electron chi connectivity index (χ2n) is 3.80. The summed E-state index contributed by atoms with van der Waals surface area (Å²) in [5.41, 5.74) is 6.61. The summed E-state index contributed by atoms with van der Waals surface area (Å²) in [4.78, 5) is 5.13. The SMILES string of the molecule is Nc1ccc2c(NSc3ccccc3Cl)ncnn12. The van der Waals surface area contributed by atoms with Crippen LogP contribution in [0.1, 0.15) is 0 Å². The van der Waals surface area contributed by atoms with Crippen molar-refractivity contribution < 1.29 is 0 Å². The molecule has 2 aromatic heterocycles. The molecule has 0 aliphatic heterocycles. The number of nitrogens with two attached hydrogens (primary N) is 1. The van der Waals surface area contributed by atoms with Gasteiger partial charge in [-0.25, -0.2) is 9.50 Å². The number of nitrogen functional groups attached to an aromatic ring is 1. The molecule has 0 aliphatic rings. The van der Waals surface area contributed by atoms with E-state index in [2.05, 4.69) is 14.8 Å². The van der Waals surface area contributed by atoms with Crippen LogP contribution in [-0.2, 0) is 0 Å². The monoisotopic (exact) mass is 291 g/mol. The third-order valence-corrected chi connectivity index (χ3v) is 3.89. The average Bonchev–Trinajstić information content (AvgIpc) is 2.81. The summed E-state index contributed by atoms with van der Waals surface area (Å²) in [6.07, 6.45) is 1.46. The fraction of sp³-hybridized carbons (Fsp3) is 0. The van der Waals surface area contributed by atoms with Crippen LogP contribution >= 0.6 is 23.5 Å². The lowest BCUT2D eigenvalue weighted by Gasteiger charge is -2.07. The molecule has 7 heteroatoms. The quantitative estimate of drug-likeness (QED) is 0.726. The third-order valence-electron chi connectivity index (χ3n) is 2.58. The number of aromatic nitrogens is 3. The van der Waals surface area contributed by atoms with Crippen molar-refractivity contribution >= 4 is 40.7 Å². The van der Waals surface area contributed by atoms with E-state index in [1.165, 1.54) is 18.3 Å². The Morgan fingerprint density at radius 3 is 2.89 bits per heavy atom. The van der Waals surface area contributed by atoms with Crippen LogP contribution in [0.15, 0.2) is 47.6 Å². The molecule has 2 heterocycles. The maximum absolute atomic E-state index is 6.09. The summed E-state index contributed by atoms with van der Waals surface area (Å²) in [7, 11) is 0. The molecule has 96 valence electrons. The van der Waals surface area contributed by atoms with Gasteiger partial charge >= 0.3 is 0 Å². The van der Waals surface area contributed by atoms with Crippen LogP contribution in [0, 0.1) is 0 Å². The van der Waals surface area contributed by atoms with Gasteiger partial charge in [-0.3, -0.25) is 0 Å². The lowest BCUT2D eigenvalue weighted by molar-refractivity contribution is 0.917. The minimum absolute atomic E-state index is 0.572. The molecule has 3 rings (SSSR count). The zero-order valence-electron chi connectivity index (χ0n) is 9.75. The Morgan fingerprint density at radius 1 is 1.21 bits per heavy atom. The average molecular weight is 292 g/mol. The van der Waals surface area contributed by atoms with Crippen LogP contribution in [-0.4, -0.2) is 14.6 Å². The van der Waals surface area contributed by atoms with E-state index in [1.807, 2.05) is 30.3 Å². The first-order valence-corrected chi connectivity index (χ1v) is 6.71. The van der Waals surface area contributed by atoms with Gasteiger partial charge in [-0.1, -0.05) is 23.7 Å². The Balaban J connectivity index is 1.88. The number of hydrogen-bond acceptors (Lipinski definition) is 5. The van der Waals surface area contributed by atoms with Crippen LogP contribution in [0.5, 0.6) is 0 Å². The second kappa shape index (κ2) is 4.99. The molecule has 3 N–H and O–H groups in total. The number of fused-ring (bicyclic) bond motifs is 1. The van der Waals surface area contributed by atoms with E-state index in [1.54, 1.807) is 10.6 Å². The topological polar surface area (TPSA) is 68.2 Å². The van der Waals surface area contributed by atoms with Crippen molar-refractivity contribution in [2.24, 2.45) is 0 Å². The Hall–Kier alpha value is -1.92. The number of nitrogens with zero attached hydrogens (tertiary/aromatic N) is 3. The highest BCUT2D eigenvalue weighted by molar-refractivity contribution is 8.00. The number of benzene rings is 1. The molecular weight excluding hydrogens is 282 g/mol. The third kappa shape index (κ3) is 2.32. The van der Waals surface area contributed by atoms with Gasteiger partial charge in [0.25, 0.3) is 0 Å². The van der Waals surface area contributed by atoms with Crippen molar-refractivity contribution in [2.45, 2.75) is 4.90 Å². The van der Waals surface area contributed by atoms with Gasteiger partial charge in [-0.05, 0) is 36.2 Å². The minimum Gasteiger partial charge on any atom is -0.384 e. The molecule has 0 unspecified atom stereocenters. The first-order valence-electron chi connectivity index (χ1n) is 5.51. The lowest BCUT2D eigenvalue weighted by atomic mass is 10.4. The maximum atomic E-state index is 6.09. The van der Waals surface area contributed by atoms with Crippen LogP contribution in [0.3, 0.4) is 0 Å². The fourth-order valence-corrected chi connectivity index (χ4v) is 2.59. The van der Waals surface area contributed by atoms with Crippen molar-refractivity contribution in [1.82, 2.24) is 14.6 Å². The first-order chi connectivity index (χ1) is 9.25. The van der Waals surface area contributed by atoms with Gasteiger partial charge in [-0.2, -0.15) is 5.10 Å². The summed E-state index contributed by atoms with van der Waals surface area (Å²) in [5, 5.41) is 4.77. The van der Waals surface area contributed by atoms with E-state index in [0.717, 1.165) is 10.4 Å². The van der Waals surface area contributed by atoms with E-state index in [9.17, 15) is 0 Å². The number of halogens is 1. The highest BCUT2D eigenvalue weighted by atomic mass is 35.5. The number of hydrogen-bond donors (Lipinski definition) is 2. The predicted octanol–water partition coefficient (Wildman–Crippen LogP) is 3.08. The van der Waals surface area contributed by atoms with Gasteiger partial charge < -0.3 is 10.5 Å². The molecule has 0 saturated carbocycles. The fourth-order valence-electron chi connectivity index (χ4n) is 1.66.